The van der Waals surface area contributed by atoms with Crippen molar-refractivity contribution in [3.8, 4) is 0 Å². The Kier molecular flexibility index (Phi) is 1.97. The summed E-state index contributed by atoms with van der Waals surface area (Å²) in [5, 5.41) is 2.49. The Morgan fingerprint density at radius 3 is 2.78 bits per heavy atom. The second-order valence-corrected chi connectivity index (χ2v) is 5.71. The fourth-order valence-corrected chi connectivity index (χ4v) is 3.51. The Hall–Kier alpha value is -1.93. The number of aryl methyl sites for hydroxylation is 1. The van der Waals surface area contributed by atoms with Gasteiger partial charge in [0.05, 0.1) is 15.7 Å². The summed E-state index contributed by atoms with van der Waals surface area (Å²) in [6.45, 7) is 2.12. The SMILES string of the molecule is Cc1ccc2nc3c(cc2c1)sc1ccccc13. The van der Waals surface area contributed by atoms with Crippen LogP contribution in [0.2, 0.25) is 0 Å². The molecule has 0 aliphatic heterocycles. The van der Waals surface area contributed by atoms with E-state index in [0.29, 0.717) is 0 Å². The molecule has 0 saturated heterocycles. The van der Waals surface area contributed by atoms with Crippen molar-refractivity contribution < 1.29 is 0 Å². The predicted octanol–water partition coefficient (Wildman–Crippen LogP) is 4.91. The highest BCUT2D eigenvalue weighted by Crippen LogP contribution is 2.34. The predicted molar refractivity (Wildman–Crippen MR) is 79.4 cm³/mol. The van der Waals surface area contributed by atoms with Crippen molar-refractivity contribution in [1.29, 1.82) is 0 Å². The highest BCUT2D eigenvalue weighted by atomic mass is 32.1. The maximum absolute atomic E-state index is 4.82. The highest BCUT2D eigenvalue weighted by Gasteiger charge is 2.07. The number of thiophene rings is 1. The topological polar surface area (TPSA) is 12.9 Å². The van der Waals surface area contributed by atoms with Crippen molar-refractivity contribution in [2.24, 2.45) is 0 Å². The van der Waals surface area contributed by atoms with Crippen LogP contribution in [0.15, 0.2) is 48.5 Å². The number of hydrogen-bond acceptors (Lipinski definition) is 2. The lowest BCUT2D eigenvalue weighted by molar-refractivity contribution is 1.47. The van der Waals surface area contributed by atoms with Gasteiger partial charge in [-0.05, 0) is 31.2 Å². The van der Waals surface area contributed by atoms with Gasteiger partial charge in [-0.25, -0.2) is 4.98 Å². The van der Waals surface area contributed by atoms with E-state index < -0.39 is 0 Å². The summed E-state index contributed by atoms with van der Waals surface area (Å²) < 4.78 is 2.58. The van der Waals surface area contributed by atoms with Crippen LogP contribution in [0.1, 0.15) is 5.56 Å². The van der Waals surface area contributed by atoms with Crippen molar-refractivity contribution in [3.05, 3.63) is 54.1 Å². The van der Waals surface area contributed by atoms with Crippen molar-refractivity contribution in [2.75, 3.05) is 0 Å². The molecule has 0 saturated carbocycles. The molecule has 18 heavy (non-hydrogen) atoms. The average molecular weight is 249 g/mol. The molecule has 0 N–H and O–H groups in total. The fourth-order valence-electron chi connectivity index (χ4n) is 2.42. The zero-order chi connectivity index (χ0) is 12.1. The van der Waals surface area contributed by atoms with E-state index in [9.17, 15) is 0 Å². The first kappa shape index (κ1) is 10.0. The Bertz CT molecular complexity index is 889. The van der Waals surface area contributed by atoms with Crippen LogP contribution in [-0.2, 0) is 0 Å². The zero-order valence-electron chi connectivity index (χ0n) is 9.97. The summed E-state index contributed by atoms with van der Waals surface area (Å²) in [5.41, 5.74) is 3.49. The molecule has 0 bridgehead atoms. The van der Waals surface area contributed by atoms with E-state index in [0.717, 1.165) is 11.0 Å². The molecular formula is C16H11NS. The van der Waals surface area contributed by atoms with Gasteiger partial charge in [0, 0.05) is 15.5 Å². The normalized spacial score (nSPS) is 11.6. The summed E-state index contributed by atoms with van der Waals surface area (Å²) in [4.78, 5) is 4.82. The molecule has 0 radical (unpaired) electrons. The molecular weight excluding hydrogens is 238 g/mol. The number of fused-ring (bicyclic) bond motifs is 4. The second-order valence-electron chi connectivity index (χ2n) is 4.63. The number of benzene rings is 2. The quantitative estimate of drug-likeness (QED) is 0.431. The Balaban J connectivity index is 2.23. The average Bonchev–Trinajstić information content (AvgIpc) is 2.73. The largest absolute Gasteiger partial charge is 0.246 e. The molecule has 2 heteroatoms. The number of aromatic nitrogens is 1. The molecule has 0 aliphatic rings. The van der Waals surface area contributed by atoms with Crippen LogP contribution in [-0.4, -0.2) is 4.98 Å². The third-order valence-electron chi connectivity index (χ3n) is 3.30. The molecule has 2 aromatic heterocycles. The molecule has 0 atom stereocenters. The van der Waals surface area contributed by atoms with E-state index in [2.05, 4.69) is 55.5 Å². The van der Waals surface area contributed by atoms with Crippen LogP contribution in [0.5, 0.6) is 0 Å². The molecule has 4 aromatic rings. The van der Waals surface area contributed by atoms with Crippen LogP contribution in [0, 0.1) is 6.92 Å². The molecule has 0 aliphatic carbocycles. The van der Waals surface area contributed by atoms with Gasteiger partial charge in [-0.3, -0.25) is 0 Å². The van der Waals surface area contributed by atoms with E-state index in [-0.39, 0.29) is 0 Å². The summed E-state index contributed by atoms with van der Waals surface area (Å²) in [5.74, 6) is 0. The van der Waals surface area contributed by atoms with E-state index in [1.807, 2.05) is 11.3 Å². The lowest BCUT2D eigenvalue weighted by atomic mass is 10.1. The van der Waals surface area contributed by atoms with Gasteiger partial charge < -0.3 is 0 Å². The van der Waals surface area contributed by atoms with Crippen molar-refractivity contribution in [2.45, 2.75) is 6.92 Å². The first-order valence-electron chi connectivity index (χ1n) is 6.00. The van der Waals surface area contributed by atoms with Crippen LogP contribution in [0.4, 0.5) is 0 Å². The smallest absolute Gasteiger partial charge is 0.0896 e. The summed E-state index contributed by atoms with van der Waals surface area (Å²) >= 11 is 1.82. The van der Waals surface area contributed by atoms with Crippen molar-refractivity contribution in [3.63, 3.8) is 0 Å². The third-order valence-corrected chi connectivity index (χ3v) is 4.40. The lowest BCUT2D eigenvalue weighted by Crippen LogP contribution is -1.80. The number of rotatable bonds is 0. The molecule has 2 aromatic carbocycles. The maximum Gasteiger partial charge on any atom is 0.0896 e. The maximum atomic E-state index is 4.82. The minimum absolute atomic E-state index is 1.08. The zero-order valence-corrected chi connectivity index (χ0v) is 10.8. The minimum atomic E-state index is 1.08. The Morgan fingerprint density at radius 1 is 0.944 bits per heavy atom. The standard InChI is InChI=1S/C16H11NS/c1-10-6-7-13-11(8-10)9-15-16(17-13)12-4-2-3-5-14(12)18-15/h2-9H,1H3. The van der Waals surface area contributed by atoms with E-state index >= 15 is 0 Å². The molecule has 0 amide bonds. The molecule has 2 heterocycles. The van der Waals surface area contributed by atoms with Crippen LogP contribution >= 0.6 is 11.3 Å². The van der Waals surface area contributed by atoms with Crippen LogP contribution < -0.4 is 0 Å². The molecule has 0 unspecified atom stereocenters. The summed E-state index contributed by atoms with van der Waals surface area (Å²) in [6.07, 6.45) is 0. The van der Waals surface area contributed by atoms with Gasteiger partial charge in [0.1, 0.15) is 0 Å². The monoisotopic (exact) mass is 249 g/mol. The van der Waals surface area contributed by atoms with Gasteiger partial charge in [0.2, 0.25) is 0 Å². The van der Waals surface area contributed by atoms with Gasteiger partial charge in [0.25, 0.3) is 0 Å². The first-order chi connectivity index (χ1) is 8.81. The fraction of sp³-hybridized carbons (Fsp3) is 0.0625. The molecule has 4 rings (SSSR count). The van der Waals surface area contributed by atoms with E-state index in [4.69, 9.17) is 4.98 Å². The van der Waals surface area contributed by atoms with Crippen molar-refractivity contribution >= 4 is 42.5 Å². The number of nitrogens with zero attached hydrogens (tertiary/aromatic N) is 1. The second kappa shape index (κ2) is 3.53. The molecule has 0 fully saturated rings. The van der Waals surface area contributed by atoms with Crippen molar-refractivity contribution in [1.82, 2.24) is 4.98 Å². The van der Waals surface area contributed by atoms with Gasteiger partial charge in [0.15, 0.2) is 0 Å². The Morgan fingerprint density at radius 2 is 1.83 bits per heavy atom. The van der Waals surface area contributed by atoms with Crippen LogP contribution in [0.3, 0.4) is 0 Å². The highest BCUT2D eigenvalue weighted by molar-refractivity contribution is 7.25. The van der Waals surface area contributed by atoms with E-state index in [1.165, 1.54) is 25.7 Å². The third kappa shape index (κ3) is 1.36. The van der Waals surface area contributed by atoms with Gasteiger partial charge >= 0.3 is 0 Å². The summed E-state index contributed by atoms with van der Waals surface area (Å²) in [6, 6.07) is 17.2. The summed E-state index contributed by atoms with van der Waals surface area (Å²) in [7, 11) is 0. The molecule has 86 valence electrons. The molecule has 1 nitrogen and oxygen atoms in total. The number of pyridine rings is 1. The first-order valence-corrected chi connectivity index (χ1v) is 6.81. The van der Waals surface area contributed by atoms with Gasteiger partial charge in [-0.1, -0.05) is 29.8 Å². The van der Waals surface area contributed by atoms with Gasteiger partial charge in [-0.15, -0.1) is 11.3 Å². The van der Waals surface area contributed by atoms with E-state index in [1.54, 1.807) is 0 Å². The van der Waals surface area contributed by atoms with Gasteiger partial charge in [-0.2, -0.15) is 0 Å². The Labute approximate surface area is 109 Å². The minimum Gasteiger partial charge on any atom is -0.246 e. The molecule has 0 spiro atoms. The lowest BCUT2D eigenvalue weighted by Gasteiger charge is -1.99. The van der Waals surface area contributed by atoms with Crippen LogP contribution in [0.25, 0.3) is 31.2 Å². The number of hydrogen-bond donors (Lipinski definition) is 0.